The molecule has 0 saturated carbocycles. The molecule has 3 rings (SSSR count). The second kappa shape index (κ2) is 8.91. The third kappa shape index (κ3) is 4.91. The van der Waals surface area contributed by atoms with Gasteiger partial charge >= 0.3 is 0 Å². The third-order valence-corrected chi connectivity index (χ3v) is 4.94. The first-order chi connectivity index (χ1) is 13.4. The zero-order valence-corrected chi connectivity index (χ0v) is 16.8. The molecule has 2 aromatic rings. The molecule has 0 unspecified atom stereocenters. The highest BCUT2D eigenvalue weighted by atomic mass is 16.5. The minimum atomic E-state index is -0.262. The topological polar surface area (TPSA) is 58.6 Å². The molecule has 148 valence electrons. The molecule has 1 aliphatic rings. The Morgan fingerprint density at radius 3 is 2.50 bits per heavy atom. The molecule has 2 amide bonds. The summed E-state index contributed by atoms with van der Waals surface area (Å²) in [6, 6.07) is 14.3. The number of carbonyl (C=O) groups is 2. The van der Waals surface area contributed by atoms with Gasteiger partial charge in [0.15, 0.2) is 0 Å². The van der Waals surface area contributed by atoms with Gasteiger partial charge in [-0.25, -0.2) is 0 Å². The number of hydrogen-bond acceptors (Lipinski definition) is 3. The van der Waals surface area contributed by atoms with E-state index in [0.29, 0.717) is 28.5 Å². The molecule has 0 radical (unpaired) electrons. The van der Waals surface area contributed by atoms with Crippen LogP contribution in [0.3, 0.4) is 0 Å². The lowest BCUT2D eigenvalue weighted by molar-refractivity contribution is 0.0698. The molecule has 0 spiro atoms. The Labute approximate surface area is 166 Å². The Balaban J connectivity index is 1.76. The van der Waals surface area contributed by atoms with Gasteiger partial charge in [0.05, 0.1) is 17.4 Å². The van der Waals surface area contributed by atoms with Gasteiger partial charge < -0.3 is 15.0 Å². The summed E-state index contributed by atoms with van der Waals surface area (Å²) in [6.45, 7) is 7.62. The van der Waals surface area contributed by atoms with E-state index in [1.54, 1.807) is 30.3 Å². The Morgan fingerprint density at radius 1 is 1.07 bits per heavy atom. The summed E-state index contributed by atoms with van der Waals surface area (Å²) in [6.07, 6.45) is 2.06. The highest BCUT2D eigenvalue weighted by Crippen LogP contribution is 2.23. The molecular weight excluding hydrogens is 352 g/mol. The van der Waals surface area contributed by atoms with Crippen LogP contribution in [-0.2, 0) is 0 Å². The fourth-order valence-electron chi connectivity index (χ4n) is 3.34. The number of ether oxygens (including phenoxy) is 1. The van der Waals surface area contributed by atoms with E-state index in [9.17, 15) is 9.59 Å². The standard InChI is InChI=1S/C23H28N2O3/c1-16(2)28-19-8-6-7-18(15-19)22(26)24-21-10-5-4-9-20(21)23(27)25-13-11-17(3)12-14-25/h4-10,15-17H,11-14H2,1-3H3,(H,24,26). The largest absolute Gasteiger partial charge is 0.491 e. The number of anilines is 1. The lowest BCUT2D eigenvalue weighted by Crippen LogP contribution is -2.38. The fourth-order valence-corrected chi connectivity index (χ4v) is 3.34. The predicted molar refractivity (Wildman–Crippen MR) is 111 cm³/mol. The molecule has 0 atom stereocenters. The van der Waals surface area contributed by atoms with Crippen molar-refractivity contribution in [3.05, 3.63) is 59.7 Å². The van der Waals surface area contributed by atoms with E-state index in [2.05, 4.69) is 12.2 Å². The first-order valence-corrected chi connectivity index (χ1v) is 9.90. The molecule has 2 aromatic carbocycles. The maximum atomic E-state index is 13.0. The molecule has 5 heteroatoms. The summed E-state index contributed by atoms with van der Waals surface area (Å²) in [5, 5.41) is 2.89. The number of rotatable bonds is 5. The molecule has 0 bridgehead atoms. The molecular formula is C23H28N2O3. The molecule has 1 N–H and O–H groups in total. The number of nitrogens with zero attached hydrogens (tertiary/aromatic N) is 1. The van der Waals surface area contributed by atoms with Crippen molar-refractivity contribution in [2.75, 3.05) is 18.4 Å². The molecule has 1 heterocycles. The van der Waals surface area contributed by atoms with Crippen molar-refractivity contribution in [2.45, 2.75) is 39.7 Å². The van der Waals surface area contributed by atoms with Gasteiger partial charge in [0, 0.05) is 18.7 Å². The zero-order valence-electron chi connectivity index (χ0n) is 16.8. The normalized spacial score (nSPS) is 14.8. The van der Waals surface area contributed by atoms with Crippen LogP contribution in [0.4, 0.5) is 5.69 Å². The van der Waals surface area contributed by atoms with Crippen LogP contribution in [-0.4, -0.2) is 35.9 Å². The van der Waals surface area contributed by atoms with E-state index in [1.165, 1.54) is 0 Å². The van der Waals surface area contributed by atoms with Gasteiger partial charge in [-0.1, -0.05) is 25.1 Å². The fraction of sp³-hybridized carbons (Fsp3) is 0.391. The van der Waals surface area contributed by atoms with Crippen LogP contribution in [0, 0.1) is 5.92 Å². The minimum Gasteiger partial charge on any atom is -0.491 e. The van der Waals surface area contributed by atoms with Crippen LogP contribution in [0.1, 0.15) is 54.3 Å². The SMILES string of the molecule is CC1CCN(C(=O)c2ccccc2NC(=O)c2cccc(OC(C)C)c2)CC1. The number of nitrogens with one attached hydrogen (secondary N) is 1. The second-order valence-electron chi connectivity index (χ2n) is 7.67. The van der Waals surface area contributed by atoms with E-state index in [-0.39, 0.29) is 17.9 Å². The average Bonchev–Trinajstić information content (AvgIpc) is 2.68. The molecule has 1 aliphatic heterocycles. The van der Waals surface area contributed by atoms with E-state index in [0.717, 1.165) is 25.9 Å². The van der Waals surface area contributed by atoms with Gasteiger partial charge in [-0.2, -0.15) is 0 Å². The molecule has 0 aliphatic carbocycles. The van der Waals surface area contributed by atoms with Crippen molar-refractivity contribution >= 4 is 17.5 Å². The van der Waals surface area contributed by atoms with Crippen LogP contribution in [0.25, 0.3) is 0 Å². The van der Waals surface area contributed by atoms with Crippen molar-refractivity contribution in [3.8, 4) is 5.75 Å². The van der Waals surface area contributed by atoms with Crippen LogP contribution in [0.5, 0.6) is 5.75 Å². The van der Waals surface area contributed by atoms with E-state index in [1.807, 2.05) is 36.9 Å². The van der Waals surface area contributed by atoms with Gasteiger partial charge in [-0.05, 0) is 62.9 Å². The highest BCUT2D eigenvalue weighted by molar-refractivity contribution is 6.09. The number of piperidine rings is 1. The summed E-state index contributed by atoms with van der Waals surface area (Å²) in [5.74, 6) is 1.01. The predicted octanol–water partition coefficient (Wildman–Crippen LogP) is 4.60. The zero-order chi connectivity index (χ0) is 20.1. The number of likely N-dealkylation sites (tertiary alicyclic amines) is 1. The molecule has 1 saturated heterocycles. The van der Waals surface area contributed by atoms with E-state index >= 15 is 0 Å². The molecule has 5 nitrogen and oxygen atoms in total. The number of para-hydroxylation sites is 1. The maximum absolute atomic E-state index is 13.0. The Hall–Kier alpha value is -2.82. The maximum Gasteiger partial charge on any atom is 0.255 e. The second-order valence-corrected chi connectivity index (χ2v) is 7.67. The van der Waals surface area contributed by atoms with Gasteiger partial charge in [-0.15, -0.1) is 0 Å². The molecule has 0 aromatic heterocycles. The van der Waals surface area contributed by atoms with E-state index < -0.39 is 0 Å². The number of hydrogen-bond donors (Lipinski definition) is 1. The third-order valence-electron chi connectivity index (χ3n) is 4.94. The number of carbonyl (C=O) groups excluding carboxylic acids is 2. The quantitative estimate of drug-likeness (QED) is 0.825. The Morgan fingerprint density at radius 2 is 1.79 bits per heavy atom. The Bertz CT molecular complexity index is 839. The molecule has 1 fully saturated rings. The van der Waals surface area contributed by atoms with Crippen molar-refractivity contribution in [1.82, 2.24) is 4.90 Å². The summed E-state index contributed by atoms with van der Waals surface area (Å²) >= 11 is 0. The lowest BCUT2D eigenvalue weighted by atomic mass is 9.98. The summed E-state index contributed by atoms with van der Waals surface area (Å²) in [5.41, 5.74) is 1.55. The first-order valence-electron chi connectivity index (χ1n) is 9.90. The molecule has 28 heavy (non-hydrogen) atoms. The summed E-state index contributed by atoms with van der Waals surface area (Å²) in [4.78, 5) is 27.6. The van der Waals surface area contributed by atoms with Gasteiger partial charge in [0.25, 0.3) is 11.8 Å². The van der Waals surface area contributed by atoms with Gasteiger partial charge in [0.2, 0.25) is 0 Å². The van der Waals surface area contributed by atoms with Crippen LogP contribution >= 0.6 is 0 Å². The number of amides is 2. The monoisotopic (exact) mass is 380 g/mol. The van der Waals surface area contributed by atoms with Crippen molar-refractivity contribution in [2.24, 2.45) is 5.92 Å². The minimum absolute atomic E-state index is 0.0281. The summed E-state index contributed by atoms with van der Waals surface area (Å²) < 4.78 is 5.66. The van der Waals surface area contributed by atoms with Crippen molar-refractivity contribution in [3.63, 3.8) is 0 Å². The van der Waals surface area contributed by atoms with Crippen molar-refractivity contribution in [1.29, 1.82) is 0 Å². The van der Waals surface area contributed by atoms with Crippen LogP contribution in [0.15, 0.2) is 48.5 Å². The van der Waals surface area contributed by atoms with E-state index in [4.69, 9.17) is 4.74 Å². The Kier molecular flexibility index (Phi) is 6.34. The van der Waals surface area contributed by atoms with Crippen LogP contribution < -0.4 is 10.1 Å². The van der Waals surface area contributed by atoms with Gasteiger partial charge in [0.1, 0.15) is 5.75 Å². The van der Waals surface area contributed by atoms with Crippen LogP contribution in [0.2, 0.25) is 0 Å². The lowest BCUT2D eigenvalue weighted by Gasteiger charge is -2.30. The van der Waals surface area contributed by atoms with Gasteiger partial charge in [-0.3, -0.25) is 9.59 Å². The first kappa shape index (κ1) is 19.9. The highest BCUT2D eigenvalue weighted by Gasteiger charge is 2.23. The van der Waals surface area contributed by atoms with Crippen molar-refractivity contribution < 1.29 is 14.3 Å². The number of benzene rings is 2. The summed E-state index contributed by atoms with van der Waals surface area (Å²) in [7, 11) is 0. The smallest absolute Gasteiger partial charge is 0.255 e. The average molecular weight is 380 g/mol.